The molecule has 0 radical (unpaired) electrons. The van der Waals surface area contributed by atoms with Crippen LogP contribution in [-0.2, 0) is 0 Å². The molecule has 2 nitrogen and oxygen atoms in total. The first-order valence-corrected chi connectivity index (χ1v) is 9.09. The minimum atomic E-state index is 0.621. The topological polar surface area (TPSA) is 15.3 Å². The summed E-state index contributed by atoms with van der Waals surface area (Å²) in [6.45, 7) is 9.81. The Morgan fingerprint density at radius 1 is 1.15 bits per heavy atom. The lowest BCUT2D eigenvalue weighted by atomic mass is 9.79. The summed E-state index contributed by atoms with van der Waals surface area (Å²) in [5, 5.41) is 3.62. The summed E-state index contributed by atoms with van der Waals surface area (Å²) >= 11 is 0. The highest BCUT2D eigenvalue weighted by atomic mass is 15.2. The molecule has 1 N–H and O–H groups in total. The van der Waals surface area contributed by atoms with Crippen LogP contribution in [0.15, 0.2) is 0 Å². The number of nitrogens with one attached hydrogen (secondary N) is 1. The third-order valence-electron chi connectivity index (χ3n) is 6.43. The SMILES string of the molecule is CCCC1CCC(NC)C(N2CCC(CC)(CC)C2)C1. The second kappa shape index (κ2) is 7.26. The predicted octanol–water partition coefficient (Wildman–Crippen LogP) is 4.06. The highest BCUT2D eigenvalue weighted by Gasteiger charge is 2.41. The van der Waals surface area contributed by atoms with Gasteiger partial charge in [-0.05, 0) is 63.5 Å². The van der Waals surface area contributed by atoms with Crippen molar-refractivity contribution in [2.24, 2.45) is 11.3 Å². The first-order chi connectivity index (χ1) is 9.68. The molecule has 2 fully saturated rings. The first kappa shape index (κ1) is 16.3. The lowest BCUT2D eigenvalue weighted by Gasteiger charge is -2.42. The Labute approximate surface area is 126 Å². The van der Waals surface area contributed by atoms with E-state index < -0.39 is 0 Å². The summed E-state index contributed by atoms with van der Waals surface area (Å²) in [7, 11) is 2.17. The molecule has 1 saturated carbocycles. The quantitative estimate of drug-likeness (QED) is 0.789. The molecule has 118 valence electrons. The maximum absolute atomic E-state index is 3.62. The van der Waals surface area contributed by atoms with Crippen LogP contribution in [0.2, 0.25) is 0 Å². The fourth-order valence-electron chi connectivity index (χ4n) is 4.72. The van der Waals surface area contributed by atoms with Crippen molar-refractivity contribution in [3.63, 3.8) is 0 Å². The van der Waals surface area contributed by atoms with Gasteiger partial charge in [0.1, 0.15) is 0 Å². The molecule has 3 atom stereocenters. The van der Waals surface area contributed by atoms with Crippen molar-refractivity contribution >= 4 is 0 Å². The van der Waals surface area contributed by atoms with Crippen molar-refractivity contribution in [1.82, 2.24) is 10.2 Å². The summed E-state index contributed by atoms with van der Waals surface area (Å²) in [6, 6.07) is 1.53. The standard InChI is InChI=1S/C18H36N2/c1-5-8-15-9-10-16(19-4)17(13-15)20-12-11-18(6-2,7-3)14-20/h15-17,19H,5-14H2,1-4H3. The van der Waals surface area contributed by atoms with Crippen LogP contribution in [0.5, 0.6) is 0 Å². The third kappa shape index (κ3) is 3.39. The number of nitrogens with zero attached hydrogens (tertiary/aromatic N) is 1. The minimum absolute atomic E-state index is 0.621. The van der Waals surface area contributed by atoms with E-state index in [-0.39, 0.29) is 0 Å². The van der Waals surface area contributed by atoms with Crippen LogP contribution < -0.4 is 5.32 Å². The van der Waals surface area contributed by atoms with Gasteiger partial charge in [0, 0.05) is 18.6 Å². The van der Waals surface area contributed by atoms with E-state index in [1.165, 1.54) is 64.5 Å². The van der Waals surface area contributed by atoms with E-state index in [1.54, 1.807) is 0 Å². The molecule has 0 spiro atoms. The summed E-state index contributed by atoms with van der Waals surface area (Å²) in [4.78, 5) is 2.84. The van der Waals surface area contributed by atoms with Crippen molar-refractivity contribution in [2.45, 2.75) is 84.2 Å². The Bertz CT molecular complexity index is 285. The average Bonchev–Trinajstić information content (AvgIpc) is 2.92. The van der Waals surface area contributed by atoms with E-state index in [0.717, 1.165) is 18.0 Å². The molecule has 0 aromatic heterocycles. The van der Waals surface area contributed by atoms with Crippen molar-refractivity contribution in [1.29, 1.82) is 0 Å². The van der Waals surface area contributed by atoms with Gasteiger partial charge in [-0.15, -0.1) is 0 Å². The lowest BCUT2D eigenvalue weighted by Crippen LogP contribution is -2.52. The summed E-state index contributed by atoms with van der Waals surface area (Å²) in [5.74, 6) is 0.979. The fourth-order valence-corrected chi connectivity index (χ4v) is 4.72. The number of likely N-dealkylation sites (tertiary alicyclic amines) is 1. The van der Waals surface area contributed by atoms with E-state index in [0.29, 0.717) is 5.41 Å². The summed E-state index contributed by atoms with van der Waals surface area (Å²) in [5.41, 5.74) is 0.621. The normalized spacial score (nSPS) is 34.5. The van der Waals surface area contributed by atoms with Gasteiger partial charge in [0.25, 0.3) is 0 Å². The largest absolute Gasteiger partial charge is 0.315 e. The molecule has 1 aliphatic carbocycles. The zero-order valence-corrected chi connectivity index (χ0v) is 14.3. The van der Waals surface area contributed by atoms with Crippen LogP contribution in [0.4, 0.5) is 0 Å². The molecule has 2 rings (SSSR count). The summed E-state index contributed by atoms with van der Waals surface area (Å²) in [6.07, 6.45) is 11.2. The monoisotopic (exact) mass is 280 g/mol. The van der Waals surface area contributed by atoms with Gasteiger partial charge in [-0.3, -0.25) is 4.90 Å². The summed E-state index contributed by atoms with van der Waals surface area (Å²) < 4.78 is 0. The van der Waals surface area contributed by atoms with Crippen LogP contribution >= 0.6 is 0 Å². The van der Waals surface area contributed by atoms with Crippen molar-refractivity contribution in [3.8, 4) is 0 Å². The second-order valence-corrected chi connectivity index (χ2v) is 7.36. The Balaban J connectivity index is 2.01. The van der Waals surface area contributed by atoms with Gasteiger partial charge >= 0.3 is 0 Å². The maximum atomic E-state index is 3.62. The molecule has 20 heavy (non-hydrogen) atoms. The van der Waals surface area contributed by atoms with Gasteiger partial charge in [-0.25, -0.2) is 0 Å². The van der Waals surface area contributed by atoms with Crippen LogP contribution in [0.3, 0.4) is 0 Å². The molecule has 1 heterocycles. The maximum Gasteiger partial charge on any atom is 0.0252 e. The molecule has 2 aliphatic rings. The molecule has 0 bridgehead atoms. The highest BCUT2D eigenvalue weighted by molar-refractivity contribution is 4.97. The number of hydrogen-bond donors (Lipinski definition) is 1. The highest BCUT2D eigenvalue weighted by Crippen LogP contribution is 2.41. The van der Waals surface area contributed by atoms with Gasteiger partial charge in [-0.1, -0.05) is 33.6 Å². The first-order valence-electron chi connectivity index (χ1n) is 9.09. The zero-order valence-electron chi connectivity index (χ0n) is 14.3. The Kier molecular flexibility index (Phi) is 5.92. The van der Waals surface area contributed by atoms with Crippen molar-refractivity contribution in [3.05, 3.63) is 0 Å². The zero-order chi connectivity index (χ0) is 14.6. The molecule has 1 aliphatic heterocycles. The van der Waals surface area contributed by atoms with E-state index in [1.807, 2.05) is 0 Å². The van der Waals surface area contributed by atoms with Crippen LogP contribution in [0, 0.1) is 11.3 Å². The molecular weight excluding hydrogens is 244 g/mol. The molecule has 0 amide bonds. The number of rotatable bonds is 6. The second-order valence-electron chi connectivity index (χ2n) is 7.36. The van der Waals surface area contributed by atoms with Gasteiger partial charge in [-0.2, -0.15) is 0 Å². The predicted molar refractivity (Wildman–Crippen MR) is 88.1 cm³/mol. The smallest absolute Gasteiger partial charge is 0.0252 e. The van der Waals surface area contributed by atoms with E-state index in [4.69, 9.17) is 0 Å². The molecule has 3 unspecified atom stereocenters. The van der Waals surface area contributed by atoms with Crippen molar-refractivity contribution < 1.29 is 0 Å². The van der Waals surface area contributed by atoms with Crippen LogP contribution in [0.25, 0.3) is 0 Å². The molecular formula is C18H36N2. The number of likely N-dealkylation sites (N-methyl/N-ethyl adjacent to an activating group) is 1. The van der Waals surface area contributed by atoms with Gasteiger partial charge in [0.05, 0.1) is 0 Å². The fraction of sp³-hybridized carbons (Fsp3) is 1.00. The van der Waals surface area contributed by atoms with Gasteiger partial charge in [0.15, 0.2) is 0 Å². The molecule has 1 saturated heterocycles. The van der Waals surface area contributed by atoms with E-state index >= 15 is 0 Å². The lowest BCUT2D eigenvalue weighted by molar-refractivity contribution is 0.103. The average molecular weight is 280 g/mol. The van der Waals surface area contributed by atoms with E-state index in [2.05, 4.69) is 38.0 Å². The number of hydrogen-bond acceptors (Lipinski definition) is 2. The Morgan fingerprint density at radius 3 is 2.45 bits per heavy atom. The van der Waals surface area contributed by atoms with Gasteiger partial charge in [0.2, 0.25) is 0 Å². The molecule has 2 heteroatoms. The van der Waals surface area contributed by atoms with Crippen LogP contribution in [-0.4, -0.2) is 37.1 Å². The minimum Gasteiger partial charge on any atom is -0.315 e. The Morgan fingerprint density at radius 2 is 1.90 bits per heavy atom. The Hall–Kier alpha value is -0.0800. The molecule has 0 aromatic carbocycles. The van der Waals surface area contributed by atoms with E-state index in [9.17, 15) is 0 Å². The van der Waals surface area contributed by atoms with Crippen LogP contribution in [0.1, 0.15) is 72.1 Å². The third-order valence-corrected chi connectivity index (χ3v) is 6.43. The van der Waals surface area contributed by atoms with Gasteiger partial charge < -0.3 is 5.32 Å². The molecule has 0 aromatic rings. The van der Waals surface area contributed by atoms with Crippen molar-refractivity contribution in [2.75, 3.05) is 20.1 Å².